The molecule has 1 aromatic heterocycles. The second-order valence-corrected chi connectivity index (χ2v) is 7.71. The van der Waals surface area contributed by atoms with Crippen molar-refractivity contribution in [2.45, 2.75) is 32.8 Å². The van der Waals surface area contributed by atoms with Gasteiger partial charge in [0.2, 0.25) is 0 Å². The lowest BCUT2D eigenvalue weighted by molar-refractivity contribution is 0.0144. The molecule has 0 aromatic carbocycles. The third-order valence-electron chi connectivity index (χ3n) is 3.92. The van der Waals surface area contributed by atoms with Gasteiger partial charge in [0, 0.05) is 43.9 Å². The van der Waals surface area contributed by atoms with Gasteiger partial charge in [0.15, 0.2) is 0 Å². The van der Waals surface area contributed by atoms with Crippen LogP contribution in [0.3, 0.4) is 0 Å². The number of nitrogens with one attached hydrogen (secondary N) is 1. The number of ether oxygens (including phenoxy) is 1. The summed E-state index contributed by atoms with van der Waals surface area (Å²) >= 11 is 5.86. The number of hydrogen-bond donors (Lipinski definition) is 1. The van der Waals surface area contributed by atoms with Gasteiger partial charge >= 0.3 is 6.09 Å². The molecule has 144 valence electrons. The Balaban J connectivity index is 1.63. The highest BCUT2D eigenvalue weighted by Crippen LogP contribution is 2.12. The third kappa shape index (κ3) is 6.80. The Morgan fingerprint density at radius 2 is 1.96 bits per heavy atom. The minimum atomic E-state index is -0.468. The van der Waals surface area contributed by atoms with E-state index in [0.717, 1.165) is 26.1 Å². The summed E-state index contributed by atoms with van der Waals surface area (Å²) in [6.07, 6.45) is 2.10. The van der Waals surface area contributed by atoms with Crippen LogP contribution in [0.25, 0.3) is 0 Å². The fraction of sp³-hybridized carbons (Fsp3) is 0.611. The van der Waals surface area contributed by atoms with Gasteiger partial charge in [0.1, 0.15) is 11.3 Å². The smallest absolute Gasteiger partial charge is 0.410 e. The third-order valence-corrected chi connectivity index (χ3v) is 4.15. The molecule has 2 rings (SSSR count). The van der Waals surface area contributed by atoms with Crippen LogP contribution in [-0.4, -0.2) is 71.7 Å². The van der Waals surface area contributed by atoms with Crippen LogP contribution in [-0.2, 0) is 4.74 Å². The van der Waals surface area contributed by atoms with E-state index >= 15 is 0 Å². The van der Waals surface area contributed by atoms with E-state index in [1.54, 1.807) is 17.0 Å². The molecule has 0 spiro atoms. The Morgan fingerprint density at radius 1 is 1.27 bits per heavy atom. The molecule has 26 heavy (non-hydrogen) atoms. The number of rotatable bonds is 5. The van der Waals surface area contributed by atoms with Gasteiger partial charge in [-0.25, -0.2) is 4.79 Å². The van der Waals surface area contributed by atoms with E-state index in [4.69, 9.17) is 16.3 Å². The summed E-state index contributed by atoms with van der Waals surface area (Å²) in [5.41, 5.74) is -0.145. The molecule has 0 aliphatic carbocycles. The number of halogens is 1. The van der Waals surface area contributed by atoms with Crippen LogP contribution in [0.5, 0.6) is 0 Å². The first-order valence-corrected chi connectivity index (χ1v) is 9.22. The SMILES string of the molecule is CC(C)(C)OC(=O)N1CCN(CCCNC(=O)c2cc(Cl)ccn2)CC1. The van der Waals surface area contributed by atoms with Crippen LogP contribution >= 0.6 is 11.6 Å². The Kier molecular flexibility index (Phi) is 7.23. The van der Waals surface area contributed by atoms with Gasteiger partial charge in [0.25, 0.3) is 5.91 Å². The van der Waals surface area contributed by atoms with Crippen molar-refractivity contribution < 1.29 is 14.3 Å². The minimum absolute atomic E-state index is 0.220. The van der Waals surface area contributed by atoms with Crippen LogP contribution in [0.2, 0.25) is 5.02 Å². The molecular weight excluding hydrogens is 356 g/mol. The van der Waals surface area contributed by atoms with Crippen LogP contribution in [0.15, 0.2) is 18.3 Å². The van der Waals surface area contributed by atoms with Gasteiger partial charge in [-0.2, -0.15) is 0 Å². The first-order valence-electron chi connectivity index (χ1n) is 8.84. The van der Waals surface area contributed by atoms with Gasteiger partial charge in [-0.1, -0.05) is 11.6 Å². The van der Waals surface area contributed by atoms with Crippen molar-refractivity contribution in [3.8, 4) is 0 Å². The zero-order chi connectivity index (χ0) is 19.2. The highest BCUT2D eigenvalue weighted by molar-refractivity contribution is 6.30. The average Bonchev–Trinajstić information content (AvgIpc) is 2.57. The number of hydrogen-bond acceptors (Lipinski definition) is 5. The van der Waals surface area contributed by atoms with E-state index < -0.39 is 5.60 Å². The fourth-order valence-electron chi connectivity index (χ4n) is 2.60. The molecule has 0 saturated carbocycles. The monoisotopic (exact) mass is 382 g/mol. The number of pyridine rings is 1. The van der Waals surface area contributed by atoms with E-state index in [-0.39, 0.29) is 12.0 Å². The van der Waals surface area contributed by atoms with Crippen LogP contribution in [0.4, 0.5) is 4.79 Å². The van der Waals surface area contributed by atoms with Crippen LogP contribution < -0.4 is 5.32 Å². The molecule has 1 saturated heterocycles. The van der Waals surface area contributed by atoms with Gasteiger partial charge in [-0.05, 0) is 45.9 Å². The van der Waals surface area contributed by atoms with Crippen molar-refractivity contribution in [3.63, 3.8) is 0 Å². The number of amides is 2. The van der Waals surface area contributed by atoms with Gasteiger partial charge in [-0.3, -0.25) is 14.7 Å². The predicted molar refractivity (Wildman–Crippen MR) is 100 cm³/mol. The predicted octanol–water partition coefficient (Wildman–Crippen LogP) is 2.41. The van der Waals surface area contributed by atoms with Crippen molar-refractivity contribution in [3.05, 3.63) is 29.0 Å². The first kappa shape index (κ1) is 20.5. The molecular formula is C18H27ClN4O3. The molecule has 8 heteroatoms. The van der Waals surface area contributed by atoms with E-state index in [9.17, 15) is 9.59 Å². The Bertz CT molecular complexity index is 625. The van der Waals surface area contributed by atoms with Crippen molar-refractivity contribution in [1.82, 2.24) is 20.1 Å². The summed E-state index contributed by atoms with van der Waals surface area (Å²) in [4.78, 5) is 32.0. The topological polar surface area (TPSA) is 74.8 Å². The second-order valence-electron chi connectivity index (χ2n) is 7.28. The Labute approximate surface area is 159 Å². The number of aromatic nitrogens is 1. The van der Waals surface area contributed by atoms with Crippen molar-refractivity contribution in [2.24, 2.45) is 0 Å². The number of piperazine rings is 1. The molecule has 1 aromatic rings. The minimum Gasteiger partial charge on any atom is -0.444 e. The van der Waals surface area contributed by atoms with Crippen LogP contribution in [0, 0.1) is 0 Å². The molecule has 2 amide bonds. The van der Waals surface area contributed by atoms with Gasteiger partial charge < -0.3 is 15.0 Å². The highest BCUT2D eigenvalue weighted by Gasteiger charge is 2.25. The lowest BCUT2D eigenvalue weighted by Gasteiger charge is -2.35. The number of carbonyl (C=O) groups excluding carboxylic acids is 2. The fourth-order valence-corrected chi connectivity index (χ4v) is 2.76. The molecule has 0 bridgehead atoms. The standard InChI is InChI=1S/C18H27ClN4O3/c1-18(2,3)26-17(25)23-11-9-22(10-12-23)8-4-6-21-16(24)15-13-14(19)5-7-20-15/h5,7,13H,4,6,8-12H2,1-3H3,(H,21,24). The molecule has 1 fully saturated rings. The second kappa shape index (κ2) is 9.19. The maximum atomic E-state index is 12.0. The van der Waals surface area contributed by atoms with Crippen molar-refractivity contribution >= 4 is 23.6 Å². The van der Waals surface area contributed by atoms with Gasteiger partial charge in [-0.15, -0.1) is 0 Å². The summed E-state index contributed by atoms with van der Waals surface area (Å²) in [5.74, 6) is -0.220. The first-order chi connectivity index (χ1) is 12.2. The normalized spacial score (nSPS) is 15.6. The van der Waals surface area contributed by atoms with E-state index in [0.29, 0.717) is 30.4 Å². The lowest BCUT2D eigenvalue weighted by Crippen LogP contribution is -2.50. The molecule has 1 aliphatic rings. The molecule has 0 unspecified atom stereocenters. The number of nitrogens with zero attached hydrogens (tertiary/aromatic N) is 3. The maximum Gasteiger partial charge on any atom is 0.410 e. The zero-order valence-electron chi connectivity index (χ0n) is 15.6. The van der Waals surface area contributed by atoms with Gasteiger partial charge in [0.05, 0.1) is 0 Å². The van der Waals surface area contributed by atoms with E-state index in [1.165, 1.54) is 6.20 Å². The van der Waals surface area contributed by atoms with Crippen LogP contribution in [0.1, 0.15) is 37.7 Å². The summed E-state index contributed by atoms with van der Waals surface area (Å²) < 4.78 is 5.39. The summed E-state index contributed by atoms with van der Waals surface area (Å²) in [6, 6.07) is 3.18. The molecule has 1 aliphatic heterocycles. The maximum absolute atomic E-state index is 12.0. The molecule has 2 heterocycles. The van der Waals surface area contributed by atoms with E-state index in [2.05, 4.69) is 15.2 Å². The largest absolute Gasteiger partial charge is 0.444 e. The molecule has 0 atom stereocenters. The van der Waals surface area contributed by atoms with Crippen molar-refractivity contribution in [2.75, 3.05) is 39.3 Å². The number of carbonyl (C=O) groups is 2. The molecule has 7 nitrogen and oxygen atoms in total. The zero-order valence-corrected chi connectivity index (χ0v) is 16.4. The average molecular weight is 383 g/mol. The highest BCUT2D eigenvalue weighted by atomic mass is 35.5. The van der Waals surface area contributed by atoms with Crippen molar-refractivity contribution in [1.29, 1.82) is 0 Å². The molecule has 0 radical (unpaired) electrons. The summed E-state index contributed by atoms with van der Waals surface area (Å²) in [7, 11) is 0. The summed E-state index contributed by atoms with van der Waals surface area (Å²) in [5, 5.41) is 3.34. The summed E-state index contributed by atoms with van der Waals surface area (Å²) in [6.45, 7) is 9.98. The Morgan fingerprint density at radius 3 is 2.58 bits per heavy atom. The quantitative estimate of drug-likeness (QED) is 0.791. The Hall–Kier alpha value is -1.86. The molecule has 1 N–H and O–H groups in total. The lowest BCUT2D eigenvalue weighted by atomic mass is 10.2. The van der Waals surface area contributed by atoms with E-state index in [1.807, 2.05) is 20.8 Å².